The molecule has 10 heavy (non-hydrogen) atoms. The van der Waals surface area contributed by atoms with Crippen LogP contribution in [0.5, 0.6) is 0 Å². The van der Waals surface area contributed by atoms with E-state index in [-0.39, 0.29) is 12.5 Å². The fourth-order valence-corrected chi connectivity index (χ4v) is 0.390. The third-order valence-corrected chi connectivity index (χ3v) is 0.743. The summed E-state index contributed by atoms with van der Waals surface area (Å²) in [6, 6.07) is 0. The first-order chi connectivity index (χ1) is 4.66. The van der Waals surface area contributed by atoms with Crippen LogP contribution in [0.3, 0.4) is 0 Å². The highest BCUT2D eigenvalue weighted by atomic mass is 16.4. The Balaban J connectivity index is 3.57. The number of nitrogens with one attached hydrogen (secondary N) is 1. The lowest BCUT2D eigenvalue weighted by atomic mass is 10.7. The number of nitrogens with two attached hydrogens (primary N) is 1. The fraction of sp³-hybridized carbons (Fsp3) is 0.600. The molecule has 5 heteroatoms. The molecule has 0 aliphatic carbocycles. The van der Waals surface area contributed by atoms with Crippen molar-refractivity contribution in [3.8, 4) is 0 Å². The van der Waals surface area contributed by atoms with Crippen LogP contribution in [0.1, 0.15) is 6.92 Å². The van der Waals surface area contributed by atoms with Gasteiger partial charge < -0.3 is 16.2 Å². The molecule has 58 valence electrons. The predicted molar refractivity (Wildman–Crippen MR) is 37.8 cm³/mol. The third kappa shape index (κ3) is 4.89. The number of carboxylic acids is 1. The highest BCUT2D eigenvalue weighted by molar-refractivity contribution is 5.80. The number of hydrogen-bond acceptors (Lipinski definition) is 2. The van der Waals surface area contributed by atoms with E-state index in [1.54, 1.807) is 0 Å². The van der Waals surface area contributed by atoms with E-state index in [0.29, 0.717) is 6.54 Å². The maximum Gasteiger partial charge on any atom is 0.325 e. The van der Waals surface area contributed by atoms with Crippen molar-refractivity contribution in [2.45, 2.75) is 6.92 Å². The zero-order valence-electron chi connectivity index (χ0n) is 5.79. The minimum atomic E-state index is -0.985. The van der Waals surface area contributed by atoms with Crippen molar-refractivity contribution in [3.63, 3.8) is 0 Å². The largest absolute Gasteiger partial charge is 0.480 e. The van der Waals surface area contributed by atoms with Crippen molar-refractivity contribution < 1.29 is 9.90 Å². The second-order valence-electron chi connectivity index (χ2n) is 1.63. The molecule has 0 saturated heterocycles. The Bertz CT molecular complexity index is 144. The monoisotopic (exact) mass is 145 g/mol. The average Bonchev–Trinajstić information content (AvgIpc) is 1.85. The van der Waals surface area contributed by atoms with Gasteiger partial charge in [-0.1, -0.05) is 0 Å². The van der Waals surface area contributed by atoms with Gasteiger partial charge >= 0.3 is 5.97 Å². The highest BCUT2D eigenvalue weighted by Gasteiger charge is 1.92. The second-order valence-corrected chi connectivity index (χ2v) is 1.63. The van der Waals surface area contributed by atoms with Crippen molar-refractivity contribution in [2.75, 3.05) is 13.1 Å². The summed E-state index contributed by atoms with van der Waals surface area (Å²) in [4.78, 5) is 13.4. The smallest absolute Gasteiger partial charge is 0.325 e. The van der Waals surface area contributed by atoms with Gasteiger partial charge in [0.1, 0.15) is 6.54 Å². The number of aliphatic imine (C=N–C) groups is 1. The molecule has 0 unspecified atom stereocenters. The Morgan fingerprint density at radius 3 is 2.80 bits per heavy atom. The van der Waals surface area contributed by atoms with Gasteiger partial charge in [0.05, 0.1) is 0 Å². The van der Waals surface area contributed by atoms with Gasteiger partial charge in [0.2, 0.25) is 0 Å². The molecule has 0 atom stereocenters. The van der Waals surface area contributed by atoms with Gasteiger partial charge in [0.25, 0.3) is 0 Å². The van der Waals surface area contributed by atoms with Crippen molar-refractivity contribution >= 4 is 11.9 Å². The summed E-state index contributed by atoms with van der Waals surface area (Å²) in [5.74, 6) is -0.814. The van der Waals surface area contributed by atoms with E-state index in [0.717, 1.165) is 0 Å². The SMILES string of the molecule is CCNC(N)=NCC(=O)O. The Morgan fingerprint density at radius 1 is 1.80 bits per heavy atom. The number of carboxylic acid groups (broad SMARTS) is 1. The average molecular weight is 145 g/mol. The molecule has 0 fully saturated rings. The minimum absolute atomic E-state index is 0.171. The highest BCUT2D eigenvalue weighted by Crippen LogP contribution is 1.68. The van der Waals surface area contributed by atoms with Gasteiger partial charge in [-0.2, -0.15) is 0 Å². The number of guanidine groups is 1. The molecular formula is C5H11N3O2. The summed E-state index contributed by atoms with van der Waals surface area (Å²) in [6.45, 7) is 2.22. The molecule has 4 N–H and O–H groups in total. The molecule has 0 spiro atoms. The zero-order chi connectivity index (χ0) is 7.98. The molecule has 0 aromatic heterocycles. The van der Waals surface area contributed by atoms with Gasteiger partial charge in [-0.25, -0.2) is 4.99 Å². The lowest BCUT2D eigenvalue weighted by Gasteiger charge is -1.98. The number of hydrogen-bond donors (Lipinski definition) is 3. The number of aliphatic carboxylic acids is 1. The van der Waals surface area contributed by atoms with Crippen LogP contribution in [-0.4, -0.2) is 30.1 Å². The normalized spacial score (nSPS) is 11.1. The first kappa shape index (κ1) is 8.74. The number of rotatable bonds is 3. The summed E-state index contributed by atoms with van der Waals surface area (Å²) in [6.07, 6.45) is 0. The number of nitrogens with zero attached hydrogens (tertiary/aromatic N) is 1. The molecule has 0 aliphatic heterocycles. The maximum atomic E-state index is 9.92. The Kier molecular flexibility index (Phi) is 4.02. The van der Waals surface area contributed by atoms with Gasteiger partial charge in [0.15, 0.2) is 5.96 Å². The van der Waals surface area contributed by atoms with E-state index in [1.165, 1.54) is 0 Å². The van der Waals surface area contributed by atoms with Crippen LogP contribution in [0.15, 0.2) is 4.99 Å². The fourth-order valence-electron chi connectivity index (χ4n) is 0.390. The van der Waals surface area contributed by atoms with Crippen LogP contribution in [-0.2, 0) is 4.79 Å². The second kappa shape index (κ2) is 4.60. The maximum absolute atomic E-state index is 9.92. The first-order valence-electron chi connectivity index (χ1n) is 2.92. The van der Waals surface area contributed by atoms with Gasteiger partial charge in [-0.3, -0.25) is 4.79 Å². The van der Waals surface area contributed by atoms with E-state index < -0.39 is 5.97 Å². The van der Waals surface area contributed by atoms with Crippen molar-refractivity contribution in [1.29, 1.82) is 0 Å². The quantitative estimate of drug-likeness (QED) is 0.351. The molecule has 0 saturated carbocycles. The third-order valence-electron chi connectivity index (χ3n) is 0.743. The molecule has 0 bridgehead atoms. The van der Waals surface area contributed by atoms with Crippen LogP contribution in [0.4, 0.5) is 0 Å². The van der Waals surface area contributed by atoms with E-state index in [1.807, 2.05) is 6.92 Å². The van der Waals surface area contributed by atoms with Crippen LogP contribution >= 0.6 is 0 Å². The van der Waals surface area contributed by atoms with Crippen LogP contribution in [0, 0.1) is 0 Å². The summed E-state index contributed by atoms with van der Waals surface area (Å²) in [7, 11) is 0. The van der Waals surface area contributed by atoms with Crippen molar-refractivity contribution in [1.82, 2.24) is 5.32 Å². The number of carbonyl (C=O) groups is 1. The molecule has 0 aromatic carbocycles. The molecular weight excluding hydrogens is 134 g/mol. The molecule has 5 nitrogen and oxygen atoms in total. The summed E-state index contributed by atoms with van der Waals surface area (Å²) < 4.78 is 0. The Morgan fingerprint density at radius 2 is 2.40 bits per heavy atom. The van der Waals surface area contributed by atoms with Gasteiger partial charge in [0, 0.05) is 6.54 Å². The summed E-state index contributed by atoms with van der Waals surface area (Å²) >= 11 is 0. The van der Waals surface area contributed by atoms with Crippen LogP contribution < -0.4 is 11.1 Å². The predicted octanol–water partition coefficient (Wildman–Crippen LogP) is -1.00. The summed E-state index contributed by atoms with van der Waals surface area (Å²) in [5, 5.41) is 10.8. The summed E-state index contributed by atoms with van der Waals surface area (Å²) in [5.41, 5.74) is 5.21. The van der Waals surface area contributed by atoms with E-state index >= 15 is 0 Å². The molecule has 0 heterocycles. The lowest BCUT2D eigenvalue weighted by Crippen LogP contribution is -2.31. The van der Waals surface area contributed by atoms with Crippen LogP contribution in [0.2, 0.25) is 0 Å². The van der Waals surface area contributed by atoms with E-state index in [9.17, 15) is 4.79 Å². The topological polar surface area (TPSA) is 87.7 Å². The van der Waals surface area contributed by atoms with Crippen LogP contribution in [0.25, 0.3) is 0 Å². The molecule has 0 aliphatic rings. The molecule has 0 radical (unpaired) electrons. The Hall–Kier alpha value is -1.26. The standard InChI is InChI=1S/C5H11N3O2/c1-2-7-5(6)8-3-4(9)10/h2-3H2,1H3,(H,9,10)(H3,6,7,8). The first-order valence-corrected chi connectivity index (χ1v) is 2.92. The van der Waals surface area contributed by atoms with E-state index in [4.69, 9.17) is 10.8 Å². The molecule has 0 amide bonds. The van der Waals surface area contributed by atoms with Gasteiger partial charge in [-0.15, -0.1) is 0 Å². The Labute approximate surface area is 58.9 Å². The molecule has 0 aromatic rings. The van der Waals surface area contributed by atoms with Crippen molar-refractivity contribution in [2.24, 2.45) is 10.7 Å². The molecule has 0 rings (SSSR count). The van der Waals surface area contributed by atoms with Gasteiger partial charge in [-0.05, 0) is 6.92 Å². The zero-order valence-corrected chi connectivity index (χ0v) is 5.79. The van der Waals surface area contributed by atoms with Crippen molar-refractivity contribution in [3.05, 3.63) is 0 Å². The lowest BCUT2D eigenvalue weighted by molar-refractivity contribution is -0.135. The van der Waals surface area contributed by atoms with E-state index in [2.05, 4.69) is 10.3 Å². The minimum Gasteiger partial charge on any atom is -0.480 e.